The van der Waals surface area contributed by atoms with Crippen molar-refractivity contribution < 1.29 is 33.3 Å². The van der Waals surface area contributed by atoms with Gasteiger partial charge in [0, 0.05) is 35.2 Å². The molecular weight excluding hydrogens is 412 g/mol. The number of aliphatic hydroxyl groups excluding tert-OH is 2. The summed E-state index contributed by atoms with van der Waals surface area (Å²) in [6, 6.07) is -1.00. The lowest BCUT2D eigenvalue weighted by molar-refractivity contribution is -0.163. The summed E-state index contributed by atoms with van der Waals surface area (Å²) in [4.78, 5) is 25.8. The maximum atomic E-state index is 12.3. The SMILES string of the molecule is C[C@@H](O)[C@H]1C(=O)N2C(C(=O)O)=C(S[C@@H]3CN[C@H](CNS(N)(=O)=O)C3O)[C@H](C)[C@H]12. The predicted octanol–water partition coefficient (Wildman–Crippen LogP) is -2.63. The zero-order chi connectivity index (χ0) is 21.0. The van der Waals surface area contributed by atoms with Gasteiger partial charge in [-0.05, 0) is 6.92 Å². The van der Waals surface area contributed by atoms with Gasteiger partial charge in [-0.3, -0.25) is 4.79 Å². The monoisotopic (exact) mass is 436 g/mol. The normalized spacial score (nSPS) is 36.5. The first-order chi connectivity index (χ1) is 12.9. The highest BCUT2D eigenvalue weighted by Crippen LogP contribution is 2.51. The van der Waals surface area contributed by atoms with Crippen LogP contribution in [0.4, 0.5) is 0 Å². The molecular formula is C15H24N4O7S2. The van der Waals surface area contributed by atoms with Gasteiger partial charge in [0.1, 0.15) is 5.70 Å². The lowest BCUT2D eigenvalue weighted by Crippen LogP contribution is -2.63. The standard InChI is InChI=1S/C15H24N4O7S2/c1-5-10-9(6(2)20)14(22)19(10)11(15(23)24)13(5)27-8-4-17-7(12(8)21)3-18-28(16,25)26/h5-10,12,17-18,20-21H,3-4H2,1-2H3,(H,23,24)(H2,16,25,26)/t5-,6-,7-,8-,9-,10-,12?/m1/s1. The van der Waals surface area contributed by atoms with Gasteiger partial charge in [0.25, 0.3) is 10.2 Å². The molecule has 1 amide bonds. The number of hydrogen-bond acceptors (Lipinski definition) is 8. The van der Waals surface area contributed by atoms with Gasteiger partial charge in [-0.2, -0.15) is 8.42 Å². The van der Waals surface area contributed by atoms with Crippen molar-refractivity contribution in [2.24, 2.45) is 17.0 Å². The Morgan fingerprint density at radius 3 is 2.68 bits per heavy atom. The van der Waals surface area contributed by atoms with Crippen LogP contribution in [0.1, 0.15) is 13.8 Å². The van der Waals surface area contributed by atoms with Crippen LogP contribution in [-0.2, 0) is 19.8 Å². The summed E-state index contributed by atoms with van der Waals surface area (Å²) < 4.78 is 24.2. The Labute approximate surface area is 166 Å². The highest BCUT2D eigenvalue weighted by molar-refractivity contribution is 8.03. The summed E-state index contributed by atoms with van der Waals surface area (Å²) in [6.45, 7) is 3.53. The lowest BCUT2D eigenvalue weighted by atomic mass is 9.79. The van der Waals surface area contributed by atoms with Crippen molar-refractivity contribution >= 4 is 33.8 Å². The van der Waals surface area contributed by atoms with Gasteiger partial charge in [-0.1, -0.05) is 6.92 Å². The Balaban J connectivity index is 1.76. The Morgan fingerprint density at radius 2 is 2.14 bits per heavy atom. The molecule has 158 valence electrons. The number of nitrogens with one attached hydrogen (secondary N) is 2. The molecule has 2 fully saturated rings. The number of fused-ring (bicyclic) bond motifs is 1. The molecule has 3 heterocycles. The second kappa shape index (κ2) is 7.55. The first kappa shape index (κ1) is 21.5. The highest BCUT2D eigenvalue weighted by Gasteiger charge is 2.60. The van der Waals surface area contributed by atoms with Crippen molar-refractivity contribution in [2.45, 2.75) is 43.4 Å². The van der Waals surface area contributed by atoms with E-state index in [1.54, 1.807) is 6.92 Å². The molecule has 0 aliphatic carbocycles. The van der Waals surface area contributed by atoms with E-state index in [0.29, 0.717) is 11.4 Å². The van der Waals surface area contributed by atoms with Crippen LogP contribution < -0.4 is 15.2 Å². The maximum absolute atomic E-state index is 12.3. The minimum absolute atomic E-state index is 0.102. The third-order valence-corrected chi connectivity index (χ3v) is 7.60. The summed E-state index contributed by atoms with van der Waals surface area (Å²) in [5.41, 5.74) is -0.109. The highest BCUT2D eigenvalue weighted by atomic mass is 32.2. The number of amides is 1. The largest absolute Gasteiger partial charge is 0.477 e. The molecule has 28 heavy (non-hydrogen) atoms. The number of nitrogens with zero attached hydrogens (tertiary/aromatic N) is 1. The number of carboxylic acids is 1. The number of nitrogens with two attached hydrogens (primary N) is 1. The predicted molar refractivity (Wildman–Crippen MR) is 99.9 cm³/mol. The molecule has 7 atom stereocenters. The number of carboxylic acid groups (broad SMARTS) is 1. The zero-order valence-corrected chi connectivity index (χ0v) is 16.9. The first-order valence-electron chi connectivity index (χ1n) is 8.78. The molecule has 11 nitrogen and oxygen atoms in total. The van der Waals surface area contributed by atoms with Crippen LogP contribution in [0, 0.1) is 11.8 Å². The van der Waals surface area contributed by atoms with E-state index in [4.69, 9.17) is 5.14 Å². The van der Waals surface area contributed by atoms with Crippen LogP contribution in [0.25, 0.3) is 0 Å². The van der Waals surface area contributed by atoms with Crippen LogP contribution >= 0.6 is 11.8 Å². The van der Waals surface area contributed by atoms with Crippen LogP contribution in [0.5, 0.6) is 0 Å². The van der Waals surface area contributed by atoms with Crippen LogP contribution in [-0.4, -0.2) is 83.1 Å². The van der Waals surface area contributed by atoms with Gasteiger partial charge in [-0.15, -0.1) is 11.8 Å². The van der Waals surface area contributed by atoms with Crippen LogP contribution in [0.3, 0.4) is 0 Å². The van der Waals surface area contributed by atoms with Crippen molar-refractivity contribution in [1.29, 1.82) is 0 Å². The summed E-state index contributed by atoms with van der Waals surface area (Å²) in [5.74, 6) is -2.61. The molecule has 0 saturated carbocycles. The molecule has 3 rings (SSSR count). The topological polar surface area (TPSA) is 182 Å². The third-order valence-electron chi connectivity index (χ3n) is 5.47. The molecule has 0 aromatic rings. The second-order valence-corrected chi connectivity index (χ2v) is 9.99. The van der Waals surface area contributed by atoms with E-state index in [2.05, 4.69) is 10.0 Å². The molecule has 1 unspecified atom stereocenters. The average Bonchev–Trinajstić information content (AvgIpc) is 3.02. The van der Waals surface area contributed by atoms with E-state index >= 15 is 0 Å². The van der Waals surface area contributed by atoms with E-state index < -0.39 is 57.5 Å². The van der Waals surface area contributed by atoms with E-state index in [1.165, 1.54) is 23.6 Å². The molecule has 7 N–H and O–H groups in total. The lowest BCUT2D eigenvalue weighted by Gasteiger charge is -2.46. The summed E-state index contributed by atoms with van der Waals surface area (Å²) >= 11 is 1.17. The summed E-state index contributed by atoms with van der Waals surface area (Å²) in [5, 5.41) is 37.5. The fourth-order valence-corrected chi connectivity index (χ4v) is 6.02. The summed E-state index contributed by atoms with van der Waals surface area (Å²) in [6.07, 6.45) is -1.84. The number of aliphatic hydroxyl groups is 2. The van der Waals surface area contributed by atoms with Crippen LogP contribution in [0.2, 0.25) is 0 Å². The smallest absolute Gasteiger partial charge is 0.353 e. The Morgan fingerprint density at radius 1 is 1.50 bits per heavy atom. The molecule has 0 aromatic carbocycles. The van der Waals surface area contributed by atoms with E-state index in [0.717, 1.165) is 0 Å². The number of thioether (sulfide) groups is 1. The van der Waals surface area contributed by atoms with Crippen molar-refractivity contribution in [3.63, 3.8) is 0 Å². The van der Waals surface area contributed by atoms with Gasteiger partial charge in [0.05, 0.1) is 24.2 Å². The second-order valence-electron chi connectivity index (χ2n) is 7.33. The number of carbonyl (C=O) groups excluding carboxylic acids is 1. The number of carbonyl (C=O) groups is 2. The van der Waals surface area contributed by atoms with Crippen molar-refractivity contribution in [1.82, 2.24) is 14.9 Å². The summed E-state index contributed by atoms with van der Waals surface area (Å²) in [7, 11) is -3.89. The number of hydrogen-bond donors (Lipinski definition) is 6. The Bertz CT molecular complexity index is 815. The minimum Gasteiger partial charge on any atom is -0.477 e. The average molecular weight is 437 g/mol. The van der Waals surface area contributed by atoms with Crippen molar-refractivity contribution in [3.8, 4) is 0 Å². The molecule has 13 heteroatoms. The van der Waals surface area contributed by atoms with E-state index in [9.17, 15) is 33.3 Å². The molecule has 0 bridgehead atoms. The fraction of sp³-hybridized carbons (Fsp3) is 0.733. The number of β-lactam (4-membered cyclic amide) rings is 1. The van der Waals surface area contributed by atoms with E-state index in [-0.39, 0.29) is 18.2 Å². The molecule has 3 aliphatic heterocycles. The molecule has 0 radical (unpaired) electrons. The molecule has 3 aliphatic rings. The Kier molecular flexibility index (Phi) is 5.80. The van der Waals surface area contributed by atoms with Gasteiger partial charge >= 0.3 is 5.97 Å². The molecule has 0 spiro atoms. The van der Waals surface area contributed by atoms with Gasteiger partial charge < -0.3 is 25.5 Å². The zero-order valence-electron chi connectivity index (χ0n) is 15.3. The van der Waals surface area contributed by atoms with Crippen molar-refractivity contribution in [3.05, 3.63) is 10.6 Å². The van der Waals surface area contributed by atoms with E-state index in [1.807, 2.05) is 0 Å². The molecule has 2 saturated heterocycles. The minimum atomic E-state index is -3.89. The number of aliphatic carboxylic acids is 1. The quantitative estimate of drug-likeness (QED) is 0.232. The van der Waals surface area contributed by atoms with Crippen LogP contribution in [0.15, 0.2) is 10.6 Å². The van der Waals surface area contributed by atoms with Crippen molar-refractivity contribution in [2.75, 3.05) is 13.1 Å². The fourth-order valence-electron chi connectivity index (χ4n) is 4.12. The van der Waals surface area contributed by atoms with Gasteiger partial charge in [0.2, 0.25) is 5.91 Å². The molecule has 0 aromatic heterocycles. The number of rotatable bonds is 7. The third kappa shape index (κ3) is 3.67. The van der Waals surface area contributed by atoms with Gasteiger partial charge in [-0.25, -0.2) is 14.7 Å². The maximum Gasteiger partial charge on any atom is 0.353 e. The van der Waals surface area contributed by atoms with Gasteiger partial charge in [0.15, 0.2) is 0 Å². The first-order valence-corrected chi connectivity index (χ1v) is 11.2. The Hall–Kier alpha value is -1.22.